The van der Waals surface area contributed by atoms with Gasteiger partial charge in [-0.15, -0.1) is 0 Å². The Labute approximate surface area is 189 Å². The van der Waals surface area contributed by atoms with Crippen molar-refractivity contribution in [1.82, 2.24) is 14.5 Å². The van der Waals surface area contributed by atoms with Crippen LogP contribution >= 0.6 is 0 Å². The normalized spacial score (nSPS) is 13.2. The Morgan fingerprint density at radius 1 is 1.06 bits per heavy atom. The van der Waals surface area contributed by atoms with Crippen molar-refractivity contribution in [3.63, 3.8) is 0 Å². The maximum absolute atomic E-state index is 13.4. The van der Waals surface area contributed by atoms with Gasteiger partial charge in [0, 0.05) is 24.8 Å². The van der Waals surface area contributed by atoms with Crippen molar-refractivity contribution < 1.29 is 9.59 Å². The molecule has 6 heteroatoms. The maximum atomic E-state index is 13.4. The van der Waals surface area contributed by atoms with Gasteiger partial charge < -0.3 is 14.8 Å². The number of carbonyl (C=O) groups is 2. The van der Waals surface area contributed by atoms with E-state index in [-0.39, 0.29) is 18.4 Å². The first-order valence-electron chi connectivity index (χ1n) is 11.2. The summed E-state index contributed by atoms with van der Waals surface area (Å²) in [6.07, 6.45) is 4.07. The number of fused-ring (bicyclic) bond motifs is 1. The number of benzene rings is 2. The molecule has 2 aromatic carbocycles. The number of carbonyl (C=O) groups excluding carboxylic acids is 2. The van der Waals surface area contributed by atoms with Crippen LogP contribution in [0, 0.1) is 13.8 Å². The minimum absolute atomic E-state index is 0.0286. The summed E-state index contributed by atoms with van der Waals surface area (Å²) in [4.78, 5) is 32.3. The Bertz CT molecular complexity index is 1130. The van der Waals surface area contributed by atoms with Crippen LogP contribution in [0.1, 0.15) is 46.6 Å². The molecular weight excluding hydrogens is 400 g/mol. The third-order valence-corrected chi connectivity index (χ3v) is 6.00. The number of likely N-dealkylation sites (N-methyl/N-ethyl adjacent to an activating group) is 1. The number of anilines is 1. The first-order valence-corrected chi connectivity index (χ1v) is 11.2. The Hall–Kier alpha value is -3.41. The average Bonchev–Trinajstić information content (AvgIpc) is 2.96. The molecule has 1 aliphatic rings. The fourth-order valence-corrected chi connectivity index (χ4v) is 4.23. The van der Waals surface area contributed by atoms with Gasteiger partial charge in [0.15, 0.2) is 0 Å². The quantitative estimate of drug-likeness (QED) is 0.643. The number of hydrogen-bond acceptors (Lipinski definition) is 3. The fraction of sp³-hybridized carbons (Fsp3) is 0.346. The molecule has 0 bridgehead atoms. The van der Waals surface area contributed by atoms with Gasteiger partial charge in [-0.05, 0) is 50.3 Å². The number of aryl methyl sites for hydroxylation is 2. The topological polar surface area (TPSA) is 67.2 Å². The predicted molar refractivity (Wildman–Crippen MR) is 127 cm³/mol. The van der Waals surface area contributed by atoms with E-state index in [4.69, 9.17) is 4.98 Å². The molecule has 0 radical (unpaired) electrons. The SMILES string of the molecule is Cc1ccc(C)c(NC(=O)CN(C)C(=O)c2nc(-c3ccccc3)n3c2CCCCC3)c1. The molecule has 0 spiro atoms. The zero-order chi connectivity index (χ0) is 22.7. The van der Waals surface area contributed by atoms with E-state index in [1.54, 1.807) is 7.05 Å². The maximum Gasteiger partial charge on any atom is 0.274 e. The zero-order valence-corrected chi connectivity index (χ0v) is 19.0. The van der Waals surface area contributed by atoms with E-state index < -0.39 is 0 Å². The lowest BCUT2D eigenvalue weighted by molar-refractivity contribution is -0.116. The first-order chi connectivity index (χ1) is 15.4. The van der Waals surface area contributed by atoms with Crippen LogP contribution in [-0.4, -0.2) is 39.9 Å². The van der Waals surface area contributed by atoms with Gasteiger partial charge in [0.2, 0.25) is 5.91 Å². The average molecular weight is 431 g/mol. The second-order valence-electron chi connectivity index (χ2n) is 8.59. The highest BCUT2D eigenvalue weighted by Gasteiger charge is 2.27. The lowest BCUT2D eigenvalue weighted by Crippen LogP contribution is -2.35. The number of rotatable bonds is 5. The molecule has 1 N–H and O–H groups in total. The minimum atomic E-state index is -0.219. The lowest BCUT2D eigenvalue weighted by Gasteiger charge is -2.17. The number of aromatic nitrogens is 2. The van der Waals surface area contributed by atoms with Crippen LogP contribution in [0.15, 0.2) is 48.5 Å². The van der Waals surface area contributed by atoms with E-state index in [0.29, 0.717) is 5.69 Å². The molecule has 2 amide bonds. The Kier molecular flexibility index (Phi) is 6.40. The second-order valence-corrected chi connectivity index (χ2v) is 8.59. The number of nitrogens with one attached hydrogen (secondary N) is 1. The van der Waals surface area contributed by atoms with E-state index in [9.17, 15) is 9.59 Å². The molecule has 1 aromatic heterocycles. The number of hydrogen-bond donors (Lipinski definition) is 1. The van der Waals surface area contributed by atoms with Gasteiger partial charge >= 0.3 is 0 Å². The third kappa shape index (κ3) is 4.59. The van der Waals surface area contributed by atoms with Gasteiger partial charge in [-0.25, -0.2) is 4.98 Å². The standard InChI is InChI=1S/C26H30N4O2/c1-18-13-14-19(2)21(16-18)27-23(31)17-29(3)26(32)24-22-12-8-5-9-15-30(22)25(28-24)20-10-6-4-7-11-20/h4,6-7,10-11,13-14,16H,5,8-9,12,15,17H2,1-3H3,(H,27,31). The Morgan fingerprint density at radius 3 is 2.62 bits per heavy atom. The van der Waals surface area contributed by atoms with Crippen molar-refractivity contribution >= 4 is 17.5 Å². The molecule has 3 aromatic rings. The van der Waals surface area contributed by atoms with Crippen LogP contribution in [0.3, 0.4) is 0 Å². The Balaban J connectivity index is 1.56. The molecule has 0 fully saturated rings. The van der Waals surface area contributed by atoms with Crippen LogP contribution in [0.2, 0.25) is 0 Å². The molecule has 0 atom stereocenters. The summed E-state index contributed by atoms with van der Waals surface area (Å²) in [6, 6.07) is 15.9. The van der Waals surface area contributed by atoms with Crippen LogP contribution < -0.4 is 5.32 Å². The van der Waals surface area contributed by atoms with Crippen LogP contribution in [0.4, 0.5) is 5.69 Å². The van der Waals surface area contributed by atoms with Crippen molar-refractivity contribution in [1.29, 1.82) is 0 Å². The molecule has 32 heavy (non-hydrogen) atoms. The molecular formula is C26H30N4O2. The van der Waals surface area contributed by atoms with Gasteiger partial charge in [-0.1, -0.05) is 48.9 Å². The van der Waals surface area contributed by atoms with Crippen LogP contribution in [0.5, 0.6) is 0 Å². The summed E-state index contributed by atoms with van der Waals surface area (Å²) in [5.41, 5.74) is 5.29. The summed E-state index contributed by atoms with van der Waals surface area (Å²) in [5, 5.41) is 2.93. The van der Waals surface area contributed by atoms with E-state index >= 15 is 0 Å². The number of amides is 2. The number of nitrogens with zero attached hydrogens (tertiary/aromatic N) is 3. The minimum Gasteiger partial charge on any atom is -0.331 e. The van der Waals surface area contributed by atoms with Gasteiger partial charge in [0.1, 0.15) is 11.5 Å². The summed E-state index contributed by atoms with van der Waals surface area (Å²) in [5.74, 6) is 0.399. The highest BCUT2D eigenvalue weighted by Crippen LogP contribution is 2.27. The van der Waals surface area contributed by atoms with E-state index in [0.717, 1.165) is 66.1 Å². The molecule has 166 valence electrons. The Morgan fingerprint density at radius 2 is 1.84 bits per heavy atom. The molecule has 1 aliphatic heterocycles. The molecule has 0 aliphatic carbocycles. The fourth-order valence-electron chi connectivity index (χ4n) is 4.23. The van der Waals surface area contributed by atoms with E-state index in [2.05, 4.69) is 9.88 Å². The lowest BCUT2D eigenvalue weighted by atomic mass is 10.1. The molecule has 2 heterocycles. The predicted octanol–water partition coefficient (Wildman–Crippen LogP) is 4.60. The van der Waals surface area contributed by atoms with Crippen molar-refractivity contribution in [2.75, 3.05) is 18.9 Å². The smallest absolute Gasteiger partial charge is 0.274 e. The summed E-state index contributed by atoms with van der Waals surface area (Å²) < 4.78 is 2.19. The van der Waals surface area contributed by atoms with E-state index in [1.165, 1.54) is 4.90 Å². The molecule has 4 rings (SSSR count). The second kappa shape index (κ2) is 9.39. The van der Waals surface area contributed by atoms with Gasteiger partial charge in [0.05, 0.1) is 12.2 Å². The highest BCUT2D eigenvalue weighted by atomic mass is 16.2. The van der Waals surface area contributed by atoms with Crippen molar-refractivity contribution in [2.45, 2.75) is 46.1 Å². The summed E-state index contributed by atoms with van der Waals surface area (Å²) >= 11 is 0. The summed E-state index contributed by atoms with van der Waals surface area (Å²) in [7, 11) is 1.66. The first kappa shape index (κ1) is 21.8. The highest BCUT2D eigenvalue weighted by molar-refractivity contribution is 5.99. The largest absolute Gasteiger partial charge is 0.331 e. The third-order valence-electron chi connectivity index (χ3n) is 6.00. The number of imidazole rings is 1. The van der Waals surface area contributed by atoms with Gasteiger partial charge in [0.25, 0.3) is 5.91 Å². The van der Waals surface area contributed by atoms with Crippen molar-refractivity contribution in [2.24, 2.45) is 0 Å². The van der Waals surface area contributed by atoms with Gasteiger partial charge in [-0.2, -0.15) is 0 Å². The molecule has 0 unspecified atom stereocenters. The van der Waals surface area contributed by atoms with Crippen molar-refractivity contribution in [3.05, 3.63) is 71.0 Å². The monoisotopic (exact) mass is 430 g/mol. The molecule has 0 saturated heterocycles. The zero-order valence-electron chi connectivity index (χ0n) is 19.0. The van der Waals surface area contributed by atoms with Crippen LogP contribution in [0.25, 0.3) is 11.4 Å². The van der Waals surface area contributed by atoms with Gasteiger partial charge in [-0.3, -0.25) is 9.59 Å². The molecule has 0 saturated carbocycles. The molecule has 6 nitrogen and oxygen atoms in total. The van der Waals surface area contributed by atoms with Crippen molar-refractivity contribution in [3.8, 4) is 11.4 Å². The van der Waals surface area contributed by atoms with Crippen LogP contribution in [-0.2, 0) is 17.8 Å². The van der Waals surface area contributed by atoms with E-state index in [1.807, 2.05) is 62.4 Å². The summed E-state index contributed by atoms with van der Waals surface area (Å²) in [6.45, 7) is 4.77.